The molecule has 4 nitrogen and oxygen atoms in total. The summed E-state index contributed by atoms with van der Waals surface area (Å²) in [4.78, 5) is 17.4. The van der Waals surface area contributed by atoms with E-state index in [1.165, 1.54) is 0 Å². The van der Waals surface area contributed by atoms with E-state index in [1.54, 1.807) is 0 Å². The fourth-order valence-corrected chi connectivity index (χ4v) is 2.91. The molecule has 0 atom stereocenters. The van der Waals surface area contributed by atoms with E-state index < -0.39 is 78.6 Å². The highest BCUT2D eigenvalue weighted by molar-refractivity contribution is 7.50. The number of ether oxygens (including phenoxy) is 1. The average molecular weight is 618 g/mol. The molecule has 0 aliphatic rings. The molecule has 22 heteroatoms. The first-order valence-electron chi connectivity index (χ1n) is 8.69. The van der Waals surface area contributed by atoms with Crippen LogP contribution in [-0.4, -0.2) is 51.7 Å². The number of rotatable bonds is 10. The van der Waals surface area contributed by atoms with E-state index >= 15 is 0 Å². The van der Waals surface area contributed by atoms with Crippen LogP contribution in [0.2, 0.25) is 0 Å². The number of hydrogen-bond acceptors (Lipinski definition) is 2. The van der Waals surface area contributed by atoms with Crippen LogP contribution in [0, 0.1) is 0 Å². The van der Waals surface area contributed by atoms with E-state index in [2.05, 4.69) is 4.74 Å². The predicted molar refractivity (Wildman–Crippen MR) is 87.8 cm³/mol. The van der Waals surface area contributed by atoms with Crippen molar-refractivity contribution in [2.75, 3.05) is 0 Å². The largest absolute Gasteiger partial charge is 0.471 e. The van der Waals surface area contributed by atoms with Crippen molar-refractivity contribution >= 4 is 7.60 Å². The Balaban J connectivity index is 3.49. The van der Waals surface area contributed by atoms with Gasteiger partial charge in [-0.2, -0.15) is 65.9 Å². The molecule has 2 N–H and O–H groups in total. The van der Waals surface area contributed by atoms with Crippen molar-refractivity contribution in [3.05, 3.63) is 41.5 Å². The zero-order chi connectivity index (χ0) is 30.6. The predicted octanol–water partition coefficient (Wildman–Crippen LogP) is 7.23. The Morgan fingerprint density at radius 3 is 1.37 bits per heavy atom. The first-order chi connectivity index (χ1) is 16.5. The molecule has 220 valence electrons. The molecule has 38 heavy (non-hydrogen) atoms. The van der Waals surface area contributed by atoms with Crippen LogP contribution < -0.4 is 4.74 Å². The molecule has 0 aliphatic carbocycles. The molecule has 0 fully saturated rings. The molecule has 0 aromatic heterocycles. The third kappa shape index (κ3) is 5.83. The minimum Gasteiger partial charge on any atom is -0.428 e. The number of hydrogen-bond donors (Lipinski definition) is 2. The standard InChI is InChI=1S/C16H8F17O4P/c17-8(9(18)11(21,22)13(25,26)15(29,30)31)10(19,20)12(23,24)14(27,28)16(32,33)37-7-3-1-6(2-4-7)5-38(34,35)36/h1-4H,5H2,(H2,34,35,36)/b9-8+. The second kappa shape index (κ2) is 9.72. The van der Waals surface area contributed by atoms with Gasteiger partial charge in [-0.15, -0.1) is 0 Å². The van der Waals surface area contributed by atoms with Gasteiger partial charge in [0.1, 0.15) is 5.75 Å². The highest BCUT2D eigenvalue weighted by Crippen LogP contribution is 2.58. The quantitative estimate of drug-likeness (QED) is 0.215. The maximum atomic E-state index is 13.8. The summed E-state index contributed by atoms with van der Waals surface area (Å²) in [5.74, 6) is -51.6. The van der Waals surface area contributed by atoms with E-state index in [4.69, 9.17) is 9.79 Å². The smallest absolute Gasteiger partial charge is 0.428 e. The number of halogens is 17. The second-order valence-electron chi connectivity index (χ2n) is 7.08. The summed E-state index contributed by atoms with van der Waals surface area (Å²) >= 11 is 0. The first kappa shape index (κ1) is 33.7. The summed E-state index contributed by atoms with van der Waals surface area (Å²) in [6.07, 6.45) is -15.5. The van der Waals surface area contributed by atoms with Gasteiger partial charge in [-0.25, -0.2) is 8.78 Å². The van der Waals surface area contributed by atoms with Crippen LogP contribution in [0.3, 0.4) is 0 Å². The minimum atomic E-state index is -8.06. The van der Waals surface area contributed by atoms with Gasteiger partial charge < -0.3 is 14.5 Å². The van der Waals surface area contributed by atoms with Gasteiger partial charge in [-0.3, -0.25) is 4.57 Å². The van der Waals surface area contributed by atoms with Crippen LogP contribution in [0.5, 0.6) is 5.75 Å². The molecule has 0 saturated heterocycles. The van der Waals surface area contributed by atoms with Gasteiger partial charge in [-0.05, 0) is 17.7 Å². The van der Waals surface area contributed by atoms with E-state index in [0.717, 1.165) is 0 Å². The van der Waals surface area contributed by atoms with Crippen molar-refractivity contribution in [3.8, 4) is 5.75 Å². The number of benzene rings is 1. The third-order valence-corrected chi connectivity index (χ3v) is 4.98. The van der Waals surface area contributed by atoms with E-state index in [1.807, 2.05) is 0 Å². The van der Waals surface area contributed by atoms with Crippen molar-refractivity contribution in [3.63, 3.8) is 0 Å². The monoisotopic (exact) mass is 618 g/mol. The Bertz CT molecular complexity index is 1090. The van der Waals surface area contributed by atoms with E-state index in [0.29, 0.717) is 12.1 Å². The minimum absolute atomic E-state index is 0.144. The zero-order valence-electron chi connectivity index (χ0n) is 17.1. The topological polar surface area (TPSA) is 66.8 Å². The molecule has 0 unspecified atom stereocenters. The fourth-order valence-electron chi connectivity index (χ4n) is 2.22. The van der Waals surface area contributed by atoms with Crippen LogP contribution in [0.1, 0.15) is 5.56 Å². The molecular formula is C16H8F17O4P. The summed E-state index contributed by atoms with van der Waals surface area (Å²) in [6.45, 7) is 0. The second-order valence-corrected chi connectivity index (χ2v) is 8.73. The average Bonchev–Trinajstić information content (AvgIpc) is 2.71. The van der Waals surface area contributed by atoms with Crippen molar-refractivity contribution in [2.45, 2.75) is 48.1 Å². The normalized spacial score (nSPS) is 15.9. The van der Waals surface area contributed by atoms with Crippen molar-refractivity contribution < 1.29 is 93.7 Å². The number of allylic oxidation sites excluding steroid dienone is 2. The van der Waals surface area contributed by atoms with Gasteiger partial charge in [0.05, 0.1) is 6.16 Å². The first-order valence-corrected chi connectivity index (χ1v) is 10.5. The van der Waals surface area contributed by atoms with Gasteiger partial charge >= 0.3 is 49.5 Å². The van der Waals surface area contributed by atoms with Crippen molar-refractivity contribution in [1.82, 2.24) is 0 Å². The third-order valence-electron chi connectivity index (χ3n) is 4.21. The Morgan fingerprint density at radius 1 is 0.658 bits per heavy atom. The molecular weight excluding hydrogens is 610 g/mol. The molecule has 0 heterocycles. The zero-order valence-corrected chi connectivity index (χ0v) is 18.0. The summed E-state index contributed by atoms with van der Waals surface area (Å²) in [6, 6.07) is 1.22. The SMILES string of the molecule is O=P(O)(O)Cc1ccc(OC(F)(F)C(F)(F)C(F)(F)C(F)(F)/C(F)=C(\F)C(F)(F)C(F)(F)C(F)(F)F)cc1. The van der Waals surface area contributed by atoms with Crippen LogP contribution >= 0.6 is 7.60 Å². The van der Waals surface area contributed by atoms with Crippen molar-refractivity contribution in [1.29, 1.82) is 0 Å². The lowest BCUT2D eigenvalue weighted by Crippen LogP contribution is -2.64. The Hall–Kier alpha value is -2.28. The summed E-state index contributed by atoms with van der Waals surface area (Å²) in [7, 11) is -4.79. The molecule has 1 aromatic rings. The van der Waals surface area contributed by atoms with Crippen LogP contribution in [-0.2, 0) is 10.7 Å². The van der Waals surface area contributed by atoms with Gasteiger partial charge in [-0.1, -0.05) is 12.1 Å². The molecule has 0 spiro atoms. The summed E-state index contributed by atoms with van der Waals surface area (Å²) in [5.41, 5.74) is -0.406. The fraction of sp³-hybridized carbons (Fsp3) is 0.500. The Labute approximate surface area is 197 Å². The lowest BCUT2D eigenvalue weighted by atomic mass is 9.99. The lowest BCUT2D eigenvalue weighted by molar-refractivity contribution is -0.404. The summed E-state index contributed by atoms with van der Waals surface area (Å²) < 4.78 is 238. The highest BCUT2D eigenvalue weighted by Gasteiger charge is 2.85. The van der Waals surface area contributed by atoms with Crippen LogP contribution in [0.15, 0.2) is 35.9 Å². The van der Waals surface area contributed by atoms with E-state index in [-0.39, 0.29) is 12.1 Å². The molecule has 1 aromatic carbocycles. The van der Waals surface area contributed by atoms with Crippen LogP contribution in [0.25, 0.3) is 0 Å². The van der Waals surface area contributed by atoms with Gasteiger partial charge in [0.25, 0.3) is 0 Å². The Morgan fingerprint density at radius 2 is 1.03 bits per heavy atom. The molecule has 0 amide bonds. The van der Waals surface area contributed by atoms with Crippen molar-refractivity contribution in [2.24, 2.45) is 0 Å². The Kier molecular flexibility index (Phi) is 8.64. The molecule has 0 radical (unpaired) electrons. The lowest BCUT2D eigenvalue weighted by Gasteiger charge is -2.36. The molecule has 0 aliphatic heterocycles. The molecule has 1 rings (SSSR count). The molecule has 0 bridgehead atoms. The molecule has 0 saturated carbocycles. The maximum Gasteiger partial charge on any atom is 0.471 e. The maximum absolute atomic E-state index is 13.8. The van der Waals surface area contributed by atoms with Gasteiger partial charge in [0, 0.05) is 0 Å². The highest BCUT2D eigenvalue weighted by atomic mass is 31.2. The van der Waals surface area contributed by atoms with Gasteiger partial charge in [0.2, 0.25) is 11.7 Å². The number of alkyl halides is 15. The summed E-state index contributed by atoms with van der Waals surface area (Å²) in [5, 5.41) is 0. The van der Waals surface area contributed by atoms with Crippen LogP contribution in [0.4, 0.5) is 74.6 Å². The van der Waals surface area contributed by atoms with Gasteiger partial charge in [0.15, 0.2) is 0 Å². The van der Waals surface area contributed by atoms with E-state index in [9.17, 15) is 79.2 Å².